The zero-order valence-electron chi connectivity index (χ0n) is 11.3. The fraction of sp³-hybridized carbons (Fsp3) is 0.500. The first-order chi connectivity index (χ1) is 8.90. The lowest BCUT2D eigenvalue weighted by atomic mass is 10.0. The van der Waals surface area contributed by atoms with Crippen molar-refractivity contribution < 1.29 is 18.3 Å². The fourth-order valence-corrected chi connectivity index (χ4v) is 1.52. The van der Waals surface area contributed by atoms with Crippen LogP contribution in [0, 0.1) is 17.6 Å². The monoisotopic (exact) mass is 273 g/mol. The normalized spacial score (nSPS) is 12.2. The van der Waals surface area contributed by atoms with Gasteiger partial charge < -0.3 is 15.4 Å². The lowest BCUT2D eigenvalue weighted by molar-refractivity contribution is -0.142. The van der Waals surface area contributed by atoms with Crippen molar-refractivity contribution in [1.29, 1.82) is 0 Å². The maximum atomic E-state index is 13.6. The molecule has 106 valence electrons. The summed E-state index contributed by atoms with van der Waals surface area (Å²) >= 11 is 0. The van der Waals surface area contributed by atoms with E-state index >= 15 is 0 Å². The molecule has 0 radical (unpaired) electrons. The third kappa shape index (κ3) is 3.52. The Kier molecular flexibility index (Phi) is 5.02. The molecule has 1 rings (SSSR count). The largest absolute Gasteiger partial charge is 0.467 e. The molecule has 1 aromatic rings. The number of rotatable bonds is 5. The van der Waals surface area contributed by atoms with Crippen LogP contribution in [0.1, 0.15) is 13.8 Å². The number of hydrogen-bond acceptors (Lipinski definition) is 5. The average molecular weight is 273 g/mol. The summed E-state index contributed by atoms with van der Waals surface area (Å²) in [6.45, 7) is 3.55. The fourth-order valence-electron chi connectivity index (χ4n) is 1.52. The van der Waals surface area contributed by atoms with E-state index in [1.807, 2.05) is 0 Å². The van der Waals surface area contributed by atoms with Gasteiger partial charge in [-0.2, -0.15) is 0 Å². The summed E-state index contributed by atoms with van der Waals surface area (Å²) in [5.74, 6) is -2.65. The molecule has 0 spiro atoms. The Labute approximate surface area is 110 Å². The van der Waals surface area contributed by atoms with E-state index in [1.165, 1.54) is 14.2 Å². The van der Waals surface area contributed by atoms with E-state index in [1.54, 1.807) is 13.8 Å². The SMILES string of the molecule is CNc1nc(NC(C(=O)OC)C(C)C)c(F)cc1F. The number of pyridine rings is 1. The van der Waals surface area contributed by atoms with Gasteiger partial charge in [-0.05, 0) is 5.92 Å². The van der Waals surface area contributed by atoms with Gasteiger partial charge in [0.25, 0.3) is 0 Å². The molecule has 1 unspecified atom stereocenters. The number of nitrogens with zero attached hydrogens (tertiary/aromatic N) is 1. The van der Waals surface area contributed by atoms with Crippen molar-refractivity contribution in [3.05, 3.63) is 17.7 Å². The first-order valence-electron chi connectivity index (χ1n) is 5.78. The standard InChI is InChI=1S/C12H17F2N3O2/c1-6(2)9(12(18)19-4)16-11-8(14)5-7(13)10(15-3)17-11/h5-6,9H,1-4H3,(H2,15,16,17). The van der Waals surface area contributed by atoms with Crippen molar-refractivity contribution in [2.75, 3.05) is 24.8 Å². The van der Waals surface area contributed by atoms with E-state index in [9.17, 15) is 13.6 Å². The number of anilines is 2. The molecule has 5 nitrogen and oxygen atoms in total. The lowest BCUT2D eigenvalue weighted by Crippen LogP contribution is -2.36. The van der Waals surface area contributed by atoms with Crippen molar-refractivity contribution in [2.24, 2.45) is 5.92 Å². The van der Waals surface area contributed by atoms with Gasteiger partial charge in [0.2, 0.25) is 0 Å². The van der Waals surface area contributed by atoms with E-state index in [0.717, 1.165) is 0 Å². The number of ether oxygens (including phenoxy) is 1. The van der Waals surface area contributed by atoms with Crippen LogP contribution in [0.4, 0.5) is 20.4 Å². The highest BCUT2D eigenvalue weighted by Gasteiger charge is 2.25. The number of carbonyl (C=O) groups excluding carboxylic acids is 1. The topological polar surface area (TPSA) is 63.2 Å². The van der Waals surface area contributed by atoms with Gasteiger partial charge in [0, 0.05) is 13.1 Å². The number of methoxy groups -OCH3 is 1. The van der Waals surface area contributed by atoms with Gasteiger partial charge in [-0.1, -0.05) is 13.8 Å². The number of halogens is 2. The second-order valence-corrected chi connectivity index (χ2v) is 4.29. The lowest BCUT2D eigenvalue weighted by Gasteiger charge is -2.21. The highest BCUT2D eigenvalue weighted by atomic mass is 19.1. The molecule has 2 N–H and O–H groups in total. The quantitative estimate of drug-likeness (QED) is 0.803. The van der Waals surface area contributed by atoms with Crippen LogP contribution in [0.15, 0.2) is 6.07 Å². The van der Waals surface area contributed by atoms with E-state index < -0.39 is 23.6 Å². The van der Waals surface area contributed by atoms with Gasteiger partial charge >= 0.3 is 5.97 Å². The van der Waals surface area contributed by atoms with Crippen LogP contribution in [0.3, 0.4) is 0 Å². The summed E-state index contributed by atoms with van der Waals surface area (Å²) in [5, 5.41) is 5.13. The number of aromatic nitrogens is 1. The second-order valence-electron chi connectivity index (χ2n) is 4.29. The predicted octanol–water partition coefficient (Wildman–Crippen LogP) is 2.01. The average Bonchev–Trinajstić information content (AvgIpc) is 2.36. The van der Waals surface area contributed by atoms with E-state index in [2.05, 4.69) is 20.4 Å². The molecule has 1 heterocycles. The molecule has 0 aliphatic rings. The minimum Gasteiger partial charge on any atom is -0.467 e. The molecule has 0 aliphatic carbocycles. The van der Waals surface area contributed by atoms with Crippen molar-refractivity contribution in [3.63, 3.8) is 0 Å². The molecule has 0 aromatic carbocycles. The highest BCUT2D eigenvalue weighted by molar-refractivity contribution is 5.79. The van der Waals surface area contributed by atoms with Gasteiger partial charge in [0.05, 0.1) is 7.11 Å². The van der Waals surface area contributed by atoms with Gasteiger partial charge in [-0.3, -0.25) is 0 Å². The van der Waals surface area contributed by atoms with Gasteiger partial charge in [0.15, 0.2) is 23.3 Å². The smallest absolute Gasteiger partial charge is 0.328 e. The number of esters is 1. The molecule has 1 atom stereocenters. The van der Waals surface area contributed by atoms with Crippen molar-refractivity contribution in [2.45, 2.75) is 19.9 Å². The van der Waals surface area contributed by atoms with Crippen molar-refractivity contribution >= 4 is 17.6 Å². The van der Waals surface area contributed by atoms with Crippen LogP contribution in [-0.2, 0) is 9.53 Å². The molecule has 0 fully saturated rings. The molecule has 1 aromatic heterocycles. The summed E-state index contributed by atoms with van der Waals surface area (Å²) in [6.07, 6.45) is 0. The Hall–Kier alpha value is -1.92. The number of carbonyl (C=O) groups is 1. The third-order valence-corrected chi connectivity index (χ3v) is 2.58. The number of nitrogens with one attached hydrogen (secondary N) is 2. The molecule has 0 saturated carbocycles. The molecular formula is C12H17F2N3O2. The minimum atomic E-state index is -0.869. The van der Waals surface area contributed by atoms with E-state index in [0.29, 0.717) is 6.07 Å². The zero-order valence-corrected chi connectivity index (χ0v) is 11.3. The van der Waals surface area contributed by atoms with Crippen LogP contribution < -0.4 is 10.6 Å². The molecule has 0 aliphatic heterocycles. The molecule has 0 saturated heterocycles. The third-order valence-electron chi connectivity index (χ3n) is 2.58. The maximum absolute atomic E-state index is 13.6. The molecule has 7 heteroatoms. The second kappa shape index (κ2) is 6.31. The summed E-state index contributed by atoms with van der Waals surface area (Å²) < 4.78 is 31.5. The van der Waals surface area contributed by atoms with Crippen LogP contribution >= 0.6 is 0 Å². The molecular weight excluding hydrogens is 256 g/mol. The van der Waals surface area contributed by atoms with Gasteiger partial charge in [-0.25, -0.2) is 18.6 Å². The van der Waals surface area contributed by atoms with Crippen molar-refractivity contribution in [3.8, 4) is 0 Å². The minimum absolute atomic E-state index is 0.101. The van der Waals surface area contributed by atoms with Crippen LogP contribution in [0.2, 0.25) is 0 Å². The van der Waals surface area contributed by atoms with Crippen molar-refractivity contribution in [1.82, 2.24) is 4.98 Å². The van der Waals surface area contributed by atoms with Crippen LogP contribution in [-0.4, -0.2) is 31.2 Å². The van der Waals surface area contributed by atoms with E-state index in [4.69, 9.17) is 0 Å². The Balaban J connectivity index is 3.06. The predicted molar refractivity (Wildman–Crippen MR) is 68.0 cm³/mol. The van der Waals surface area contributed by atoms with Crippen LogP contribution in [0.5, 0.6) is 0 Å². The highest BCUT2D eigenvalue weighted by Crippen LogP contribution is 2.20. The summed E-state index contributed by atoms with van der Waals surface area (Å²) in [7, 11) is 2.71. The Bertz CT molecular complexity index is 467. The zero-order chi connectivity index (χ0) is 14.6. The Morgan fingerprint density at radius 3 is 2.37 bits per heavy atom. The number of hydrogen-bond donors (Lipinski definition) is 2. The van der Waals surface area contributed by atoms with E-state index in [-0.39, 0.29) is 17.6 Å². The van der Waals surface area contributed by atoms with Crippen LogP contribution in [0.25, 0.3) is 0 Å². The van der Waals surface area contributed by atoms with Gasteiger partial charge in [-0.15, -0.1) is 0 Å². The van der Waals surface area contributed by atoms with Gasteiger partial charge in [0.1, 0.15) is 6.04 Å². The first kappa shape index (κ1) is 15.1. The molecule has 19 heavy (non-hydrogen) atoms. The Morgan fingerprint density at radius 2 is 1.89 bits per heavy atom. The summed E-state index contributed by atoms with van der Waals surface area (Å²) in [5.41, 5.74) is 0. The summed E-state index contributed by atoms with van der Waals surface area (Å²) in [4.78, 5) is 15.3. The summed E-state index contributed by atoms with van der Waals surface area (Å²) in [6, 6.07) is -0.0577. The molecule has 0 bridgehead atoms. The molecule has 0 amide bonds. The Morgan fingerprint density at radius 1 is 1.32 bits per heavy atom. The first-order valence-corrected chi connectivity index (χ1v) is 5.78. The maximum Gasteiger partial charge on any atom is 0.328 e.